The number of nitrogens with one attached hydrogen (secondary N) is 1. The summed E-state index contributed by atoms with van der Waals surface area (Å²) < 4.78 is 0. The number of Topliss-reactive ketones (excluding diaryl/α,β-unsaturated/α-hetero) is 1. The minimum Gasteiger partial charge on any atom is -0.355 e. The number of para-hydroxylation sites is 1. The van der Waals surface area contributed by atoms with E-state index in [1.54, 1.807) is 12.4 Å². The molecule has 10 heteroatoms. The fraction of sp³-hybridized carbons (Fsp3) is 0.469. The number of aliphatic imine (C=N–C) groups is 1. The monoisotopic (exact) mass is 583 g/mol. The fourth-order valence-electron chi connectivity index (χ4n) is 6.81. The molecular weight excluding hydrogens is 546 g/mol. The molecule has 5 heterocycles. The summed E-state index contributed by atoms with van der Waals surface area (Å²) in [5, 5.41) is 3.57. The first-order valence-corrected chi connectivity index (χ1v) is 16.1. The lowest BCUT2D eigenvalue weighted by atomic mass is 9.87. The number of hydrogen-bond donors (Lipinski definition) is 1. The minimum atomic E-state index is -0.491. The predicted octanol–water partition coefficient (Wildman–Crippen LogP) is 4.41. The molecule has 1 amide bonds. The van der Waals surface area contributed by atoms with Gasteiger partial charge in [-0.25, -0.2) is 4.99 Å². The fourth-order valence-corrected chi connectivity index (χ4v) is 8.01. The number of amidine groups is 1. The predicted molar refractivity (Wildman–Crippen MR) is 164 cm³/mol. The Balaban J connectivity index is 1.15. The van der Waals surface area contributed by atoms with Crippen LogP contribution in [0.4, 0.5) is 5.69 Å². The molecule has 0 bridgehead atoms. The zero-order valence-electron chi connectivity index (χ0n) is 24.1. The van der Waals surface area contributed by atoms with Crippen molar-refractivity contribution in [2.45, 2.75) is 69.4 Å². The number of nitrogens with zero attached hydrogens (tertiary/aromatic N) is 6. The smallest absolute Gasteiger partial charge is 0.257 e. The van der Waals surface area contributed by atoms with Crippen LogP contribution in [-0.4, -0.2) is 69.5 Å². The number of amides is 1. The maximum atomic E-state index is 14.0. The van der Waals surface area contributed by atoms with Gasteiger partial charge in [0.25, 0.3) is 5.91 Å². The van der Waals surface area contributed by atoms with Crippen molar-refractivity contribution in [3.05, 3.63) is 70.5 Å². The highest BCUT2D eigenvalue weighted by Gasteiger charge is 2.47. The van der Waals surface area contributed by atoms with Crippen molar-refractivity contribution in [1.29, 1.82) is 0 Å². The van der Waals surface area contributed by atoms with E-state index in [-0.39, 0.29) is 23.8 Å². The molecule has 0 spiro atoms. The number of rotatable bonds is 5. The molecule has 2 aromatic rings. The number of fused-ring (bicyclic) bond motifs is 5. The second-order valence-electron chi connectivity index (χ2n) is 11.8. The molecule has 5 aliphatic rings. The van der Waals surface area contributed by atoms with Gasteiger partial charge in [-0.05, 0) is 50.8 Å². The van der Waals surface area contributed by atoms with E-state index in [0.29, 0.717) is 17.1 Å². The normalized spacial score (nSPS) is 23.1. The maximum absolute atomic E-state index is 14.0. The molecule has 1 saturated carbocycles. The third kappa shape index (κ3) is 5.15. The summed E-state index contributed by atoms with van der Waals surface area (Å²) in [5.41, 5.74) is 2.64. The number of allylic oxidation sites excluding steroid dienone is 1. The van der Waals surface area contributed by atoms with Crippen LogP contribution in [0.3, 0.4) is 0 Å². The molecule has 4 aliphatic heterocycles. The first-order chi connectivity index (χ1) is 20.6. The quantitative estimate of drug-likeness (QED) is 0.518. The molecule has 0 radical (unpaired) electrons. The molecule has 1 aromatic carbocycles. The largest absolute Gasteiger partial charge is 0.355 e. The molecular formula is C32H37N7O2S. The Bertz CT molecular complexity index is 1480. The van der Waals surface area contributed by atoms with Gasteiger partial charge in [0.15, 0.2) is 5.78 Å². The summed E-state index contributed by atoms with van der Waals surface area (Å²) in [7, 11) is 0. The van der Waals surface area contributed by atoms with Crippen LogP contribution in [0.5, 0.6) is 0 Å². The van der Waals surface area contributed by atoms with Gasteiger partial charge >= 0.3 is 0 Å². The molecule has 1 saturated heterocycles. The number of carbonyl (C=O) groups is 2. The summed E-state index contributed by atoms with van der Waals surface area (Å²) in [6.45, 7) is 6.18. The number of ketones is 1. The first kappa shape index (κ1) is 27.3. The molecule has 1 aliphatic carbocycles. The summed E-state index contributed by atoms with van der Waals surface area (Å²) >= 11 is 1.47. The maximum Gasteiger partial charge on any atom is 0.257 e. The number of carbonyl (C=O) groups excluding carboxylic acids is 2. The van der Waals surface area contributed by atoms with Gasteiger partial charge in [-0.2, -0.15) is 0 Å². The third-order valence-electron chi connectivity index (χ3n) is 9.04. The zero-order valence-corrected chi connectivity index (χ0v) is 24.9. The lowest BCUT2D eigenvalue weighted by Gasteiger charge is -2.37. The van der Waals surface area contributed by atoms with Gasteiger partial charge in [-0.3, -0.25) is 29.4 Å². The Morgan fingerprint density at radius 1 is 1.02 bits per heavy atom. The molecule has 1 unspecified atom stereocenters. The van der Waals surface area contributed by atoms with Crippen molar-refractivity contribution < 1.29 is 9.59 Å². The highest BCUT2D eigenvalue weighted by atomic mass is 32.2. The van der Waals surface area contributed by atoms with E-state index in [2.05, 4.69) is 36.1 Å². The number of aromatic nitrogens is 2. The van der Waals surface area contributed by atoms with Crippen molar-refractivity contribution in [1.82, 2.24) is 25.1 Å². The second kappa shape index (κ2) is 11.6. The van der Waals surface area contributed by atoms with Crippen molar-refractivity contribution in [2.75, 3.05) is 31.1 Å². The summed E-state index contributed by atoms with van der Waals surface area (Å²) in [6, 6.07) is 8.80. The van der Waals surface area contributed by atoms with Crippen molar-refractivity contribution in [2.24, 2.45) is 10.9 Å². The Hall–Kier alpha value is -3.50. The zero-order chi connectivity index (χ0) is 28.6. The molecule has 1 atom stereocenters. The Labute approximate surface area is 251 Å². The average Bonchev–Trinajstić information content (AvgIpc) is 3.22. The number of hydrogen-bond acceptors (Lipinski definition) is 9. The van der Waals surface area contributed by atoms with E-state index in [1.807, 2.05) is 31.2 Å². The molecule has 2 fully saturated rings. The molecule has 7 rings (SSSR count). The standard InChI is InChI=1S/C32H37N7O2S/c1-21-18-34-22(19-33-21)20-35-31(41)28-29(40)24-12-13-27(36-30(24)39-25-10-5-6-11-26(25)42-32(28)39)38-15-7-14-37(16-17-38)23-8-3-2-4-9-23/h5-6,10-11,13,18-19,23-24H,2-4,7-9,12,14-17,20H2,1H3,(H,35,41). The third-order valence-corrected chi connectivity index (χ3v) is 10.2. The SMILES string of the molecule is Cc1cnc(CNC(=O)C2=C3Sc4ccccc4N3C3=NC(N4CCCN(C5CCCCC5)CC4)=CCC3C2=O)cn1. The van der Waals surface area contributed by atoms with Crippen molar-refractivity contribution >= 4 is 35.0 Å². The van der Waals surface area contributed by atoms with Crippen LogP contribution >= 0.6 is 11.8 Å². The molecule has 218 valence electrons. The Morgan fingerprint density at radius 3 is 2.71 bits per heavy atom. The lowest BCUT2D eigenvalue weighted by Crippen LogP contribution is -2.48. The van der Waals surface area contributed by atoms with Crippen LogP contribution in [0.2, 0.25) is 0 Å². The van der Waals surface area contributed by atoms with Gasteiger partial charge < -0.3 is 10.2 Å². The van der Waals surface area contributed by atoms with E-state index in [9.17, 15) is 9.59 Å². The van der Waals surface area contributed by atoms with Crippen LogP contribution in [0.15, 0.2) is 69.0 Å². The molecule has 9 nitrogen and oxygen atoms in total. The number of aryl methyl sites for hydroxylation is 1. The Kier molecular flexibility index (Phi) is 7.58. The Morgan fingerprint density at radius 2 is 1.88 bits per heavy atom. The van der Waals surface area contributed by atoms with Crippen molar-refractivity contribution in [3.8, 4) is 0 Å². The van der Waals surface area contributed by atoms with Gasteiger partial charge in [-0.15, -0.1) is 0 Å². The van der Waals surface area contributed by atoms with Crippen LogP contribution < -0.4 is 10.2 Å². The summed E-state index contributed by atoms with van der Waals surface area (Å²) in [4.78, 5) is 49.5. The first-order valence-electron chi connectivity index (χ1n) is 15.3. The summed E-state index contributed by atoms with van der Waals surface area (Å²) in [6.07, 6.45) is 13.8. The molecule has 42 heavy (non-hydrogen) atoms. The second-order valence-corrected chi connectivity index (χ2v) is 12.8. The highest BCUT2D eigenvalue weighted by Crippen LogP contribution is 2.51. The van der Waals surface area contributed by atoms with Crippen molar-refractivity contribution in [3.63, 3.8) is 0 Å². The van der Waals surface area contributed by atoms with E-state index in [1.165, 1.54) is 43.9 Å². The number of thioether (sulfide) groups is 1. The van der Waals surface area contributed by atoms with E-state index in [4.69, 9.17) is 4.99 Å². The van der Waals surface area contributed by atoms with Gasteiger partial charge in [0.05, 0.1) is 35.7 Å². The van der Waals surface area contributed by atoms with Gasteiger partial charge in [0, 0.05) is 43.3 Å². The van der Waals surface area contributed by atoms with Crippen LogP contribution in [-0.2, 0) is 16.1 Å². The van der Waals surface area contributed by atoms with Crippen LogP contribution in [0.1, 0.15) is 56.3 Å². The highest BCUT2D eigenvalue weighted by molar-refractivity contribution is 8.04. The number of anilines is 1. The summed E-state index contributed by atoms with van der Waals surface area (Å²) in [5.74, 6) is 0.655. The van der Waals surface area contributed by atoms with Gasteiger partial charge in [-0.1, -0.05) is 43.2 Å². The molecule has 1 aromatic heterocycles. The van der Waals surface area contributed by atoms with E-state index in [0.717, 1.165) is 66.6 Å². The minimum absolute atomic E-state index is 0.164. The van der Waals surface area contributed by atoms with Crippen LogP contribution in [0, 0.1) is 12.8 Å². The average molecular weight is 584 g/mol. The van der Waals surface area contributed by atoms with Gasteiger partial charge in [0.1, 0.15) is 22.3 Å². The molecule has 1 N–H and O–H groups in total. The number of benzene rings is 1. The van der Waals surface area contributed by atoms with Crippen LogP contribution in [0.25, 0.3) is 0 Å². The topological polar surface area (TPSA) is 94.0 Å². The van der Waals surface area contributed by atoms with E-state index < -0.39 is 5.92 Å². The lowest BCUT2D eigenvalue weighted by molar-refractivity contribution is -0.123. The van der Waals surface area contributed by atoms with E-state index >= 15 is 0 Å². The van der Waals surface area contributed by atoms with Gasteiger partial charge in [0.2, 0.25) is 0 Å².